The number of carbonyl (C=O) groups excluding carboxylic acids is 3. The van der Waals surface area contributed by atoms with E-state index < -0.39 is 23.0 Å². The number of methoxy groups -OCH3 is 1. The lowest BCUT2D eigenvalue weighted by Gasteiger charge is -2.39. The summed E-state index contributed by atoms with van der Waals surface area (Å²) in [5.41, 5.74) is 1.60. The molecule has 2 fully saturated rings. The molecule has 4 aliphatic heterocycles. The minimum Gasteiger partial charge on any atom is -0.497 e. The molecule has 10 nitrogen and oxygen atoms in total. The number of nitrogens with zero attached hydrogens (tertiary/aromatic N) is 3. The maximum Gasteiger partial charge on any atom is 0.269 e. The molecule has 4 aliphatic rings. The summed E-state index contributed by atoms with van der Waals surface area (Å²) in [6.07, 6.45) is 2.70. The number of hydrogen-bond acceptors (Lipinski definition) is 7. The first-order chi connectivity index (χ1) is 24.1. The number of anilines is 3. The highest BCUT2D eigenvalue weighted by atomic mass is 16.5. The summed E-state index contributed by atoms with van der Waals surface area (Å²) in [7, 11) is 1.63. The smallest absolute Gasteiger partial charge is 0.269 e. The van der Waals surface area contributed by atoms with Gasteiger partial charge in [0, 0.05) is 36.2 Å². The monoisotopic (exact) mass is 679 g/mol. The summed E-state index contributed by atoms with van der Waals surface area (Å²) in [4.78, 5) is 47.5. The van der Waals surface area contributed by atoms with Crippen LogP contribution < -0.4 is 19.3 Å². The van der Waals surface area contributed by atoms with Crippen LogP contribution in [0.15, 0.2) is 79.4 Å². The van der Waals surface area contributed by atoms with Crippen molar-refractivity contribution in [3.05, 3.63) is 90.5 Å². The zero-order chi connectivity index (χ0) is 35.4. The van der Waals surface area contributed by atoms with E-state index in [1.165, 1.54) is 0 Å². The molecule has 0 unspecified atom stereocenters. The molecule has 1 spiro atoms. The standard InChI is InChI=1S/C40H45N3O7/c1-6-19-42-31-18-15-27(43-32-11-7-8-12-33(32)49-24-36(43)46)21-30(31)40(38(42)47)25(2)37(39(3,4)26-13-16-29(48-5)17-14-26)34(50-40)22-35(45)41-20-9-10-28(41)23-44/h6-8,11-18,21,25,28,34,37,44H,1,9-10,19-20,22-24H2,2-5H3/t25-,28+,34+,37-,40+/m1/s1. The average Bonchev–Trinajstić information content (AvgIpc) is 3.79. The second kappa shape index (κ2) is 12.9. The third kappa shape index (κ3) is 5.19. The van der Waals surface area contributed by atoms with Gasteiger partial charge < -0.3 is 29.1 Å². The van der Waals surface area contributed by atoms with E-state index in [4.69, 9.17) is 14.2 Å². The second-order valence-electron chi connectivity index (χ2n) is 14.3. The number of carbonyl (C=O) groups is 3. The van der Waals surface area contributed by atoms with E-state index in [9.17, 15) is 19.5 Å². The van der Waals surface area contributed by atoms with E-state index in [0.717, 1.165) is 24.2 Å². The Morgan fingerprint density at radius 2 is 1.86 bits per heavy atom. The lowest BCUT2D eigenvalue weighted by molar-refractivity contribution is -0.150. The fourth-order valence-electron chi connectivity index (χ4n) is 8.98. The zero-order valence-electron chi connectivity index (χ0n) is 29.1. The number of fused-ring (bicyclic) bond motifs is 3. The molecule has 2 saturated heterocycles. The van der Waals surface area contributed by atoms with Crippen LogP contribution in [0.25, 0.3) is 0 Å². The number of benzene rings is 3. The van der Waals surface area contributed by atoms with Crippen molar-refractivity contribution in [1.29, 1.82) is 0 Å². The number of amides is 3. The van der Waals surface area contributed by atoms with Crippen LogP contribution in [0, 0.1) is 11.8 Å². The largest absolute Gasteiger partial charge is 0.497 e. The molecular weight excluding hydrogens is 634 g/mol. The summed E-state index contributed by atoms with van der Waals surface area (Å²) in [6.45, 7) is 10.9. The third-order valence-corrected chi connectivity index (χ3v) is 11.4. The Hall–Kier alpha value is -4.67. The highest BCUT2D eigenvalue weighted by molar-refractivity contribution is 6.10. The van der Waals surface area contributed by atoms with Gasteiger partial charge in [-0.15, -0.1) is 6.58 Å². The van der Waals surface area contributed by atoms with E-state index in [-0.39, 0.29) is 55.9 Å². The maximum atomic E-state index is 14.9. The molecule has 0 radical (unpaired) electrons. The summed E-state index contributed by atoms with van der Waals surface area (Å²) < 4.78 is 18.3. The van der Waals surface area contributed by atoms with Crippen molar-refractivity contribution in [2.45, 2.75) is 63.2 Å². The van der Waals surface area contributed by atoms with Crippen LogP contribution in [-0.4, -0.2) is 73.3 Å². The van der Waals surface area contributed by atoms with Crippen LogP contribution in [0.2, 0.25) is 0 Å². The van der Waals surface area contributed by atoms with Gasteiger partial charge in [0.25, 0.3) is 11.8 Å². The van der Waals surface area contributed by atoms with Gasteiger partial charge in [-0.05, 0) is 66.3 Å². The van der Waals surface area contributed by atoms with Gasteiger partial charge in [-0.1, -0.05) is 51.1 Å². The zero-order valence-corrected chi connectivity index (χ0v) is 29.1. The first kappa shape index (κ1) is 33.8. The van der Waals surface area contributed by atoms with Crippen LogP contribution in [0.3, 0.4) is 0 Å². The fraction of sp³-hybridized carbons (Fsp3) is 0.425. The van der Waals surface area contributed by atoms with Crippen molar-refractivity contribution in [3.63, 3.8) is 0 Å². The average molecular weight is 680 g/mol. The SMILES string of the molecule is C=CCN1C(=O)[C@@]2(O[C@@H](CC(=O)N3CCC[C@H]3CO)[C@H](C(C)(C)c3ccc(OC)cc3)[C@H]2C)c2cc(N3C(=O)COc4ccccc43)ccc21. The number of rotatable bonds is 9. The highest BCUT2D eigenvalue weighted by Gasteiger charge is 2.66. The van der Waals surface area contributed by atoms with Crippen molar-refractivity contribution >= 4 is 34.8 Å². The topological polar surface area (TPSA) is 109 Å². The first-order valence-corrected chi connectivity index (χ1v) is 17.4. The van der Waals surface area contributed by atoms with Gasteiger partial charge in [0.2, 0.25) is 5.91 Å². The minimum absolute atomic E-state index is 0.0614. The van der Waals surface area contributed by atoms with Crippen LogP contribution in [0.4, 0.5) is 17.1 Å². The predicted molar refractivity (Wildman–Crippen MR) is 190 cm³/mol. The Labute approximate surface area is 293 Å². The fourth-order valence-corrected chi connectivity index (χ4v) is 8.98. The van der Waals surface area contributed by atoms with Gasteiger partial charge in [-0.25, -0.2) is 0 Å². The van der Waals surface area contributed by atoms with Crippen LogP contribution >= 0.6 is 0 Å². The first-order valence-electron chi connectivity index (χ1n) is 17.4. The van der Waals surface area contributed by atoms with Crippen LogP contribution in [0.5, 0.6) is 11.5 Å². The molecule has 0 aliphatic carbocycles. The van der Waals surface area contributed by atoms with Crippen molar-refractivity contribution in [1.82, 2.24) is 4.90 Å². The molecule has 10 heteroatoms. The third-order valence-electron chi connectivity index (χ3n) is 11.4. The molecule has 7 rings (SSSR count). The number of hydrogen-bond donors (Lipinski definition) is 1. The van der Waals surface area contributed by atoms with E-state index in [1.807, 2.05) is 73.7 Å². The normalized spacial score (nSPS) is 25.9. The van der Waals surface area contributed by atoms with Gasteiger partial charge in [-0.3, -0.25) is 19.3 Å². The summed E-state index contributed by atoms with van der Waals surface area (Å²) in [5, 5.41) is 10.0. The Morgan fingerprint density at radius 3 is 2.58 bits per heavy atom. The summed E-state index contributed by atoms with van der Waals surface area (Å²) in [6, 6.07) is 20.7. The molecular formula is C40H45N3O7. The van der Waals surface area contributed by atoms with Crippen LogP contribution in [-0.2, 0) is 30.1 Å². The molecule has 5 atom stereocenters. The molecule has 3 aromatic rings. The van der Waals surface area contributed by atoms with Crippen molar-refractivity contribution in [2.24, 2.45) is 11.8 Å². The lowest BCUT2D eigenvalue weighted by Crippen LogP contribution is -2.46. The number of aliphatic hydroxyl groups excluding tert-OH is 1. The molecule has 4 heterocycles. The summed E-state index contributed by atoms with van der Waals surface area (Å²) >= 11 is 0. The van der Waals surface area contributed by atoms with Gasteiger partial charge in [-0.2, -0.15) is 0 Å². The molecule has 0 saturated carbocycles. The van der Waals surface area contributed by atoms with Gasteiger partial charge in [0.1, 0.15) is 11.5 Å². The quantitative estimate of drug-likeness (QED) is 0.299. The highest BCUT2D eigenvalue weighted by Crippen LogP contribution is 2.60. The van der Waals surface area contributed by atoms with Gasteiger partial charge in [0.05, 0.1) is 43.7 Å². The van der Waals surface area contributed by atoms with Crippen LogP contribution in [0.1, 0.15) is 51.2 Å². The molecule has 1 N–H and O–H groups in total. The molecule has 262 valence electrons. The van der Waals surface area contributed by atoms with Crippen molar-refractivity contribution < 1.29 is 33.7 Å². The lowest BCUT2D eigenvalue weighted by atomic mass is 9.63. The Morgan fingerprint density at radius 1 is 1.10 bits per heavy atom. The van der Waals surface area contributed by atoms with E-state index in [2.05, 4.69) is 20.4 Å². The molecule has 3 amide bonds. The predicted octanol–water partition coefficient (Wildman–Crippen LogP) is 5.48. The van der Waals surface area contributed by atoms with Gasteiger partial charge >= 0.3 is 0 Å². The molecule has 0 bridgehead atoms. The molecule has 0 aromatic heterocycles. The Kier molecular flexibility index (Phi) is 8.72. The van der Waals surface area contributed by atoms with Crippen molar-refractivity contribution in [2.75, 3.05) is 43.2 Å². The van der Waals surface area contributed by atoms with E-state index >= 15 is 0 Å². The van der Waals surface area contributed by atoms with Crippen molar-refractivity contribution in [3.8, 4) is 11.5 Å². The van der Waals surface area contributed by atoms with E-state index in [1.54, 1.807) is 27.9 Å². The summed E-state index contributed by atoms with van der Waals surface area (Å²) in [5.74, 6) is 0.115. The molecule has 50 heavy (non-hydrogen) atoms. The minimum atomic E-state index is -1.44. The maximum absolute atomic E-state index is 14.9. The Bertz CT molecular complexity index is 1820. The number of likely N-dealkylation sites (tertiary alicyclic amines) is 1. The second-order valence-corrected chi connectivity index (χ2v) is 14.3. The number of para-hydroxylation sites is 2. The van der Waals surface area contributed by atoms with Gasteiger partial charge in [0.15, 0.2) is 12.2 Å². The van der Waals surface area contributed by atoms with E-state index in [0.29, 0.717) is 34.9 Å². The molecule has 3 aromatic carbocycles. The number of aliphatic hydroxyl groups is 1. The Balaban J connectivity index is 1.36. The number of ether oxygens (including phenoxy) is 3.